The van der Waals surface area contributed by atoms with Gasteiger partial charge < -0.3 is 25.3 Å². The number of piperidine rings is 1. The third kappa shape index (κ3) is 6.28. The van der Waals surface area contributed by atoms with Gasteiger partial charge >= 0.3 is 11.8 Å². The summed E-state index contributed by atoms with van der Waals surface area (Å²) in [5.74, 6) is -0.893. The van der Waals surface area contributed by atoms with E-state index in [-0.39, 0.29) is 33.7 Å². The van der Waals surface area contributed by atoms with Gasteiger partial charge in [0.05, 0.1) is 21.4 Å². The Morgan fingerprint density at radius 1 is 1.14 bits per heavy atom. The highest BCUT2D eigenvalue weighted by Crippen LogP contribution is 2.33. The quantitative estimate of drug-likeness (QED) is 0.348. The van der Waals surface area contributed by atoms with Crippen LogP contribution in [0.4, 0.5) is 16.2 Å². The van der Waals surface area contributed by atoms with E-state index in [1.54, 1.807) is 30.0 Å². The second-order valence-corrected chi connectivity index (χ2v) is 10.6. The van der Waals surface area contributed by atoms with Crippen molar-refractivity contribution in [3.8, 4) is 11.4 Å². The van der Waals surface area contributed by atoms with E-state index in [4.69, 9.17) is 27.9 Å². The van der Waals surface area contributed by atoms with Crippen LogP contribution < -0.4 is 16.4 Å². The summed E-state index contributed by atoms with van der Waals surface area (Å²) < 4.78 is 10.1. The summed E-state index contributed by atoms with van der Waals surface area (Å²) in [5.41, 5.74) is 1.81. The minimum atomic E-state index is -0.676. The molecule has 2 amide bonds. The molecule has 4 rings (SSSR count). The molecule has 0 spiro atoms. The van der Waals surface area contributed by atoms with Crippen LogP contribution in [0.5, 0.6) is 0 Å². The smallest absolute Gasteiger partial charge is 0.439 e. The zero-order valence-electron chi connectivity index (χ0n) is 20.8. The van der Waals surface area contributed by atoms with E-state index in [1.807, 2.05) is 20.8 Å². The first-order chi connectivity index (χ1) is 17.4. The number of rotatable bonds is 5. The van der Waals surface area contributed by atoms with Crippen molar-refractivity contribution in [1.29, 1.82) is 0 Å². The van der Waals surface area contributed by atoms with E-state index in [9.17, 15) is 14.4 Å². The number of likely N-dealkylation sites (tertiary alicyclic amines) is 1. The van der Waals surface area contributed by atoms with Crippen molar-refractivity contribution >= 4 is 46.6 Å². The van der Waals surface area contributed by atoms with Gasteiger partial charge in [0, 0.05) is 30.4 Å². The largest absolute Gasteiger partial charge is 0.444 e. The Kier molecular flexibility index (Phi) is 7.56. The van der Waals surface area contributed by atoms with Gasteiger partial charge in [0.2, 0.25) is 0 Å². The number of anilines is 2. The van der Waals surface area contributed by atoms with Gasteiger partial charge in [-0.1, -0.05) is 28.4 Å². The zero-order chi connectivity index (χ0) is 26.9. The number of nitrogens with one attached hydrogen (secondary N) is 4. The number of carbonyl (C=O) groups is 2. The topological polar surface area (TPSA) is 145 Å². The van der Waals surface area contributed by atoms with Gasteiger partial charge in [-0.2, -0.15) is 0 Å². The van der Waals surface area contributed by atoms with E-state index in [2.05, 4.69) is 30.3 Å². The molecule has 0 bridgehead atoms. The van der Waals surface area contributed by atoms with Gasteiger partial charge in [0.15, 0.2) is 5.82 Å². The highest BCUT2D eigenvalue weighted by atomic mass is 35.5. The minimum absolute atomic E-state index is 0.00621. The lowest BCUT2D eigenvalue weighted by Crippen LogP contribution is -2.44. The molecule has 1 aliphatic heterocycles. The average Bonchev–Trinajstić information content (AvgIpc) is 3.38. The van der Waals surface area contributed by atoms with Crippen molar-refractivity contribution in [2.24, 2.45) is 0 Å². The lowest BCUT2D eigenvalue weighted by molar-refractivity contribution is 0.0210. The lowest BCUT2D eigenvalue weighted by Gasteiger charge is -2.34. The van der Waals surface area contributed by atoms with Crippen molar-refractivity contribution in [3.05, 3.63) is 50.2 Å². The van der Waals surface area contributed by atoms with Crippen LogP contribution in [0.2, 0.25) is 10.0 Å². The molecule has 2 aromatic heterocycles. The van der Waals surface area contributed by atoms with Crippen LogP contribution in [0.3, 0.4) is 0 Å². The van der Waals surface area contributed by atoms with Gasteiger partial charge in [0.25, 0.3) is 5.91 Å². The monoisotopic (exact) mass is 550 g/mol. The molecule has 0 unspecified atom stereocenters. The summed E-state index contributed by atoms with van der Waals surface area (Å²) in [7, 11) is 0. The van der Waals surface area contributed by atoms with Gasteiger partial charge in [-0.25, -0.2) is 9.59 Å². The van der Waals surface area contributed by atoms with Crippen molar-refractivity contribution in [3.63, 3.8) is 0 Å². The number of aryl methyl sites for hydroxylation is 1. The molecule has 0 saturated carbocycles. The van der Waals surface area contributed by atoms with Crippen molar-refractivity contribution in [2.75, 3.05) is 23.7 Å². The van der Waals surface area contributed by atoms with Crippen LogP contribution >= 0.6 is 23.2 Å². The van der Waals surface area contributed by atoms with Crippen molar-refractivity contribution in [1.82, 2.24) is 20.0 Å². The molecular weight excluding hydrogens is 523 g/mol. The normalized spacial score (nSPS) is 14.5. The van der Waals surface area contributed by atoms with Crippen LogP contribution in [0.15, 0.2) is 27.5 Å². The maximum atomic E-state index is 13.0. The molecule has 1 saturated heterocycles. The van der Waals surface area contributed by atoms with Crippen LogP contribution in [0.25, 0.3) is 11.4 Å². The average molecular weight is 551 g/mol. The fourth-order valence-electron chi connectivity index (χ4n) is 3.94. The van der Waals surface area contributed by atoms with Crippen LogP contribution in [0, 0.1) is 6.92 Å². The Balaban J connectivity index is 1.54. The molecule has 3 heterocycles. The van der Waals surface area contributed by atoms with E-state index < -0.39 is 17.3 Å². The van der Waals surface area contributed by atoms with E-state index in [0.717, 1.165) is 0 Å². The maximum absolute atomic E-state index is 13.0. The number of hydrogen-bond donors (Lipinski definition) is 4. The molecule has 0 radical (unpaired) electrons. The third-order valence-electron chi connectivity index (χ3n) is 5.77. The number of benzene rings is 1. The summed E-state index contributed by atoms with van der Waals surface area (Å²) in [4.78, 5) is 43.9. The van der Waals surface area contributed by atoms with Crippen LogP contribution in [-0.2, 0) is 4.74 Å². The fraction of sp³-hybridized carbons (Fsp3) is 0.417. The summed E-state index contributed by atoms with van der Waals surface area (Å²) >= 11 is 12.4. The molecule has 1 fully saturated rings. The van der Waals surface area contributed by atoms with Gasteiger partial charge in [-0.15, -0.1) is 0 Å². The number of carbonyl (C=O) groups excluding carboxylic acids is 2. The standard InChI is InChI=1S/C24H28Cl2N6O5/c1-12-17(25)18(26)19(27-12)21(33)29-15-6-5-13(20-30-22(34)37-31-20)11-16(15)28-14-7-9-32(10-8-14)23(35)36-24(2,3)4/h5-6,11,14,27-28H,7-10H2,1-4H3,(H,29,33)(H,30,31,34). The number of aromatic nitrogens is 3. The maximum Gasteiger partial charge on any atom is 0.439 e. The Labute approximate surface area is 222 Å². The van der Waals surface area contributed by atoms with E-state index in [1.165, 1.54) is 0 Å². The zero-order valence-corrected chi connectivity index (χ0v) is 22.3. The van der Waals surface area contributed by atoms with Crippen molar-refractivity contribution in [2.45, 2.75) is 52.2 Å². The Hall–Kier alpha value is -3.44. The SMILES string of the molecule is Cc1[nH]c(C(=O)Nc2ccc(-c3noc(=O)[nH]3)cc2NC2CCN(C(=O)OC(C)(C)C)CC2)c(Cl)c1Cl. The number of halogens is 2. The van der Waals surface area contributed by atoms with Gasteiger partial charge in [-0.3, -0.25) is 14.3 Å². The lowest BCUT2D eigenvalue weighted by atomic mass is 10.0. The molecule has 13 heteroatoms. The van der Waals surface area contributed by atoms with Gasteiger partial charge in [0.1, 0.15) is 11.3 Å². The molecule has 1 aliphatic rings. The molecule has 11 nitrogen and oxygen atoms in total. The minimum Gasteiger partial charge on any atom is -0.444 e. The first kappa shape index (κ1) is 26.6. The van der Waals surface area contributed by atoms with Crippen LogP contribution in [-0.4, -0.2) is 56.8 Å². The summed E-state index contributed by atoms with van der Waals surface area (Å²) in [6.07, 6.45) is 0.983. The Morgan fingerprint density at radius 2 is 1.84 bits per heavy atom. The predicted molar refractivity (Wildman–Crippen MR) is 141 cm³/mol. The second kappa shape index (κ2) is 10.5. The molecular formula is C24H28Cl2N6O5. The summed E-state index contributed by atoms with van der Waals surface area (Å²) in [6, 6.07) is 5.13. The molecule has 0 atom stereocenters. The third-order valence-corrected chi connectivity index (χ3v) is 6.72. The summed E-state index contributed by atoms with van der Waals surface area (Å²) in [6.45, 7) is 8.25. The number of aromatic amines is 2. The second-order valence-electron chi connectivity index (χ2n) is 9.80. The molecule has 0 aliphatic carbocycles. The van der Waals surface area contributed by atoms with Gasteiger partial charge in [-0.05, 0) is 58.7 Å². The molecule has 4 N–H and O–H groups in total. The summed E-state index contributed by atoms with van der Waals surface area (Å²) in [5, 5.41) is 10.5. The molecule has 1 aromatic carbocycles. The predicted octanol–water partition coefficient (Wildman–Crippen LogP) is 5.04. The van der Waals surface area contributed by atoms with Crippen molar-refractivity contribution < 1.29 is 18.8 Å². The van der Waals surface area contributed by atoms with E-state index >= 15 is 0 Å². The number of ether oxygens (including phenoxy) is 1. The first-order valence-electron chi connectivity index (χ1n) is 11.7. The van der Waals surface area contributed by atoms with E-state index in [0.29, 0.717) is 48.6 Å². The Bertz CT molecular complexity index is 1360. The highest BCUT2D eigenvalue weighted by Gasteiger charge is 2.27. The number of amides is 2. The first-order valence-corrected chi connectivity index (χ1v) is 12.5. The molecule has 198 valence electrons. The number of H-pyrrole nitrogens is 2. The van der Waals surface area contributed by atoms with Crippen LogP contribution in [0.1, 0.15) is 49.8 Å². The number of hydrogen-bond acceptors (Lipinski definition) is 7. The molecule has 37 heavy (non-hydrogen) atoms. The fourth-order valence-corrected chi connectivity index (χ4v) is 4.36. The highest BCUT2D eigenvalue weighted by molar-refractivity contribution is 6.44. The Morgan fingerprint density at radius 3 is 2.41 bits per heavy atom. The number of nitrogens with zero attached hydrogens (tertiary/aromatic N) is 2. The molecule has 3 aromatic rings.